The lowest BCUT2D eigenvalue weighted by Gasteiger charge is -2.21. The molecule has 74 heavy (non-hydrogen) atoms. The van der Waals surface area contributed by atoms with Gasteiger partial charge in [0.25, 0.3) is 0 Å². The zero-order valence-corrected chi connectivity index (χ0v) is 49.0. The van der Waals surface area contributed by atoms with Gasteiger partial charge in [0.2, 0.25) is 0 Å². The number of allylic oxidation sites excluding steroid dienone is 6. The fourth-order valence-electron chi connectivity index (χ4n) is 8.80. The van der Waals surface area contributed by atoms with E-state index in [2.05, 4.69) is 57.2 Å². The Kier molecular flexibility index (Phi) is 55.1. The Morgan fingerprint density at radius 2 is 0.689 bits per heavy atom. The van der Waals surface area contributed by atoms with E-state index in [1.165, 1.54) is 154 Å². The molecule has 0 aliphatic carbocycles. The quantitative estimate of drug-likeness (QED) is 0.0197. The minimum Gasteiger partial charge on any atom is -0.462 e. The Bertz CT molecular complexity index is 1380. The molecule has 12 heteroatoms. The van der Waals surface area contributed by atoms with E-state index in [-0.39, 0.29) is 25.9 Å². The van der Waals surface area contributed by atoms with Crippen LogP contribution in [0.2, 0.25) is 0 Å². The Hall–Kier alpha value is -2.30. The first-order valence-corrected chi connectivity index (χ1v) is 32.4. The average molecular weight is 1070 g/mol. The highest BCUT2D eigenvalue weighted by atomic mass is 31.2. The third-order valence-electron chi connectivity index (χ3n) is 13.5. The van der Waals surface area contributed by atoms with Gasteiger partial charge in [-0.3, -0.25) is 23.4 Å². The van der Waals surface area contributed by atoms with E-state index in [1.807, 2.05) is 0 Å². The molecule has 3 atom stereocenters. The van der Waals surface area contributed by atoms with E-state index in [9.17, 15) is 28.9 Å². The summed E-state index contributed by atoms with van der Waals surface area (Å²) in [5, 5.41) is 9.82. The van der Waals surface area contributed by atoms with Crippen LogP contribution >= 0.6 is 7.82 Å². The van der Waals surface area contributed by atoms with Crippen molar-refractivity contribution in [1.82, 2.24) is 0 Å². The summed E-state index contributed by atoms with van der Waals surface area (Å²) in [5.74, 6) is -1.46. The summed E-state index contributed by atoms with van der Waals surface area (Å²) in [4.78, 5) is 48.6. The molecule has 0 saturated heterocycles. The van der Waals surface area contributed by atoms with Crippen molar-refractivity contribution in [2.24, 2.45) is 0 Å². The molecule has 0 aromatic heterocycles. The standard InChI is InChI=1S/C62H115O11P/c1-4-7-10-13-16-19-22-25-27-29-31-34-36-39-42-45-48-51-60(64)69-55-59(73-62(66)53-50-47-44-41-38-35-32-30-28-26-23-20-17-14-11-8-5-2)57-71-74(67,68)70-56-58(54-63)72-61(65)52-49-46-43-40-37-33-24-21-18-15-12-9-6-3/h12,15,21,24-25,27,58-59,63H,4-11,13-14,16-20,22-23,26,28-57H2,1-3H3,(H,67,68)/b15-12-,24-21-,27-25-. The maximum atomic E-state index is 12.9. The number of unbranched alkanes of at least 4 members (excludes halogenated alkanes) is 35. The molecule has 0 radical (unpaired) electrons. The van der Waals surface area contributed by atoms with Crippen molar-refractivity contribution in [2.75, 3.05) is 26.4 Å². The van der Waals surface area contributed by atoms with Crippen LogP contribution in [0.4, 0.5) is 0 Å². The molecule has 11 nitrogen and oxygen atoms in total. The van der Waals surface area contributed by atoms with Gasteiger partial charge >= 0.3 is 25.7 Å². The third kappa shape index (κ3) is 54.5. The van der Waals surface area contributed by atoms with Crippen LogP contribution in [-0.2, 0) is 42.2 Å². The number of carbonyl (C=O) groups excluding carboxylic acids is 3. The summed E-state index contributed by atoms with van der Waals surface area (Å²) in [5.41, 5.74) is 0. The number of hydrogen-bond acceptors (Lipinski definition) is 10. The minimum absolute atomic E-state index is 0.163. The molecule has 3 unspecified atom stereocenters. The Balaban J connectivity index is 4.69. The molecule has 0 aliphatic rings. The minimum atomic E-state index is -4.75. The SMILES string of the molecule is CCC/C=C\C/C=C\CCCCCCCC(=O)OC(CO)COP(=O)(O)OCC(COC(=O)CCCCCCCCC/C=C\CCCCCCCC)OC(=O)CCCCCCCCCCCCCCCCCCC. The topological polar surface area (TPSA) is 155 Å². The molecule has 0 rings (SSSR count). The van der Waals surface area contributed by atoms with Gasteiger partial charge in [-0.25, -0.2) is 4.57 Å². The molecule has 0 aromatic carbocycles. The number of ether oxygens (including phenoxy) is 3. The first kappa shape index (κ1) is 71.7. The van der Waals surface area contributed by atoms with E-state index in [0.29, 0.717) is 19.3 Å². The van der Waals surface area contributed by atoms with Gasteiger partial charge in [0, 0.05) is 19.3 Å². The normalized spacial score (nSPS) is 13.5. The largest absolute Gasteiger partial charge is 0.472 e. The van der Waals surface area contributed by atoms with Crippen molar-refractivity contribution < 1.29 is 52.2 Å². The number of rotatable bonds is 58. The van der Waals surface area contributed by atoms with E-state index >= 15 is 0 Å². The first-order chi connectivity index (χ1) is 36.2. The van der Waals surface area contributed by atoms with Crippen molar-refractivity contribution in [2.45, 2.75) is 315 Å². The Labute approximate surface area is 454 Å². The number of hydrogen-bond donors (Lipinski definition) is 2. The molecule has 2 N–H and O–H groups in total. The van der Waals surface area contributed by atoms with Gasteiger partial charge in [0.15, 0.2) is 6.10 Å². The van der Waals surface area contributed by atoms with Crippen LogP contribution in [0.25, 0.3) is 0 Å². The molecule has 0 amide bonds. The number of phosphoric acid groups is 1. The first-order valence-electron chi connectivity index (χ1n) is 30.9. The second kappa shape index (κ2) is 56.9. The smallest absolute Gasteiger partial charge is 0.462 e. The van der Waals surface area contributed by atoms with Crippen LogP contribution in [0.3, 0.4) is 0 Å². The van der Waals surface area contributed by atoms with Crippen LogP contribution in [-0.4, -0.2) is 66.5 Å². The van der Waals surface area contributed by atoms with Gasteiger partial charge in [-0.05, 0) is 70.6 Å². The van der Waals surface area contributed by atoms with Crippen LogP contribution in [0.15, 0.2) is 36.5 Å². The number of aliphatic hydroxyl groups is 1. The molecular formula is C62H115O11P. The highest BCUT2D eigenvalue weighted by Gasteiger charge is 2.28. The predicted octanol–water partition coefficient (Wildman–Crippen LogP) is 18.4. The maximum Gasteiger partial charge on any atom is 0.472 e. The van der Waals surface area contributed by atoms with Crippen molar-refractivity contribution in [1.29, 1.82) is 0 Å². The lowest BCUT2D eigenvalue weighted by molar-refractivity contribution is -0.161. The number of esters is 3. The third-order valence-corrected chi connectivity index (χ3v) is 14.5. The maximum absolute atomic E-state index is 12.9. The summed E-state index contributed by atoms with van der Waals surface area (Å²) in [6, 6.07) is 0. The fourth-order valence-corrected chi connectivity index (χ4v) is 9.59. The van der Waals surface area contributed by atoms with E-state index in [0.717, 1.165) is 89.9 Å². The molecular weight excluding hydrogens is 952 g/mol. The molecule has 0 heterocycles. The summed E-state index contributed by atoms with van der Waals surface area (Å²) in [6.45, 7) is 4.61. The highest BCUT2D eigenvalue weighted by molar-refractivity contribution is 7.47. The molecule has 0 aromatic rings. The molecule has 0 aliphatic heterocycles. The fraction of sp³-hybridized carbons (Fsp3) is 0.855. The van der Waals surface area contributed by atoms with Crippen LogP contribution in [0.5, 0.6) is 0 Å². The number of carbonyl (C=O) groups is 3. The summed E-state index contributed by atoms with van der Waals surface area (Å²) < 4.78 is 39.6. The lowest BCUT2D eigenvalue weighted by atomic mass is 10.0. The summed E-state index contributed by atoms with van der Waals surface area (Å²) in [6.07, 6.45) is 59.5. The molecule has 0 bridgehead atoms. The molecule has 0 saturated carbocycles. The Morgan fingerprint density at radius 1 is 0.378 bits per heavy atom. The van der Waals surface area contributed by atoms with Crippen molar-refractivity contribution in [3.8, 4) is 0 Å². The summed E-state index contributed by atoms with van der Waals surface area (Å²) in [7, 11) is -4.75. The van der Waals surface area contributed by atoms with Crippen LogP contribution in [0.1, 0.15) is 303 Å². The average Bonchev–Trinajstić information content (AvgIpc) is 3.39. The monoisotopic (exact) mass is 1070 g/mol. The van der Waals surface area contributed by atoms with E-state index < -0.39 is 57.8 Å². The highest BCUT2D eigenvalue weighted by Crippen LogP contribution is 2.43. The number of phosphoric ester groups is 1. The zero-order chi connectivity index (χ0) is 54.1. The van der Waals surface area contributed by atoms with Crippen molar-refractivity contribution in [3.05, 3.63) is 36.5 Å². The molecule has 434 valence electrons. The van der Waals surface area contributed by atoms with E-state index in [1.54, 1.807) is 0 Å². The van der Waals surface area contributed by atoms with E-state index in [4.69, 9.17) is 23.3 Å². The molecule has 0 spiro atoms. The predicted molar refractivity (Wildman–Crippen MR) is 307 cm³/mol. The lowest BCUT2D eigenvalue weighted by Crippen LogP contribution is -2.30. The Morgan fingerprint density at radius 3 is 1.07 bits per heavy atom. The van der Waals surface area contributed by atoms with Gasteiger partial charge in [-0.1, -0.05) is 250 Å². The molecule has 0 fully saturated rings. The summed E-state index contributed by atoms with van der Waals surface area (Å²) >= 11 is 0. The second-order valence-corrected chi connectivity index (χ2v) is 22.3. The van der Waals surface area contributed by atoms with Crippen molar-refractivity contribution >= 4 is 25.7 Å². The number of aliphatic hydroxyl groups excluding tert-OH is 1. The van der Waals surface area contributed by atoms with Crippen molar-refractivity contribution in [3.63, 3.8) is 0 Å². The van der Waals surface area contributed by atoms with Gasteiger partial charge in [-0.2, -0.15) is 0 Å². The van der Waals surface area contributed by atoms with Gasteiger partial charge in [0.05, 0.1) is 19.8 Å². The van der Waals surface area contributed by atoms with Gasteiger partial charge in [0.1, 0.15) is 12.7 Å². The van der Waals surface area contributed by atoms with Gasteiger partial charge < -0.3 is 24.2 Å². The second-order valence-electron chi connectivity index (χ2n) is 20.9. The van der Waals surface area contributed by atoms with Crippen LogP contribution in [0, 0.1) is 0 Å². The van der Waals surface area contributed by atoms with Crippen LogP contribution < -0.4 is 0 Å². The zero-order valence-electron chi connectivity index (χ0n) is 48.1. The van der Waals surface area contributed by atoms with Gasteiger partial charge in [-0.15, -0.1) is 0 Å².